The van der Waals surface area contributed by atoms with E-state index in [0.717, 1.165) is 51.6 Å². The van der Waals surface area contributed by atoms with E-state index in [0.29, 0.717) is 12.0 Å². The molecule has 4 heterocycles. The molecule has 0 spiro atoms. The highest BCUT2D eigenvalue weighted by atomic mass is 16.5. The van der Waals surface area contributed by atoms with E-state index in [1.165, 1.54) is 12.0 Å². The van der Waals surface area contributed by atoms with Crippen LogP contribution in [0.2, 0.25) is 0 Å². The zero-order chi connectivity index (χ0) is 16.9. The highest BCUT2D eigenvalue weighted by Gasteiger charge is 2.33. The molecular formula is C20H26N4O. The van der Waals surface area contributed by atoms with Crippen molar-refractivity contribution in [1.82, 2.24) is 19.8 Å². The van der Waals surface area contributed by atoms with E-state index < -0.39 is 0 Å². The van der Waals surface area contributed by atoms with Crippen LogP contribution in [0.3, 0.4) is 0 Å². The third-order valence-corrected chi connectivity index (χ3v) is 5.28. The first kappa shape index (κ1) is 16.6. The number of hydrogen-bond donors (Lipinski definition) is 0. The second-order valence-corrected chi connectivity index (χ2v) is 7.10. The molecule has 2 aliphatic heterocycles. The number of fused-ring (bicyclic) bond motifs is 1. The Morgan fingerprint density at radius 2 is 1.84 bits per heavy atom. The van der Waals surface area contributed by atoms with E-state index in [2.05, 4.69) is 44.0 Å². The fraction of sp³-hybridized carbons (Fsp3) is 0.500. The summed E-state index contributed by atoms with van der Waals surface area (Å²) in [6, 6.07) is 10.4. The van der Waals surface area contributed by atoms with Crippen molar-refractivity contribution in [1.29, 1.82) is 0 Å². The van der Waals surface area contributed by atoms with Crippen molar-refractivity contribution in [3.63, 3.8) is 0 Å². The third kappa shape index (κ3) is 4.42. The molecule has 0 aromatic carbocycles. The molecule has 0 bridgehead atoms. The van der Waals surface area contributed by atoms with Gasteiger partial charge in [-0.1, -0.05) is 6.07 Å². The second kappa shape index (κ2) is 8.04. The summed E-state index contributed by atoms with van der Waals surface area (Å²) in [6.45, 7) is 7.03. The Labute approximate surface area is 149 Å². The van der Waals surface area contributed by atoms with Crippen molar-refractivity contribution in [3.05, 3.63) is 60.2 Å². The largest absolute Gasteiger partial charge is 0.375 e. The summed E-state index contributed by atoms with van der Waals surface area (Å²) in [6.07, 6.45) is 7.18. The molecule has 132 valence electrons. The van der Waals surface area contributed by atoms with E-state index >= 15 is 0 Å². The average Bonchev–Trinajstić information content (AvgIpc) is 2.85. The van der Waals surface area contributed by atoms with Crippen LogP contribution in [0.1, 0.15) is 17.7 Å². The maximum absolute atomic E-state index is 6.23. The Morgan fingerprint density at radius 3 is 2.68 bits per heavy atom. The lowest BCUT2D eigenvalue weighted by atomic mass is 9.93. The van der Waals surface area contributed by atoms with Gasteiger partial charge in [-0.05, 0) is 42.8 Å². The Balaban J connectivity index is 1.34. The quantitative estimate of drug-likeness (QED) is 0.855. The summed E-state index contributed by atoms with van der Waals surface area (Å²) in [4.78, 5) is 13.6. The number of pyridine rings is 2. The molecule has 2 fully saturated rings. The first-order valence-corrected chi connectivity index (χ1v) is 9.22. The summed E-state index contributed by atoms with van der Waals surface area (Å²) in [5.41, 5.74) is 2.48. The van der Waals surface area contributed by atoms with Gasteiger partial charge in [0.1, 0.15) is 0 Å². The first-order valence-electron chi connectivity index (χ1n) is 9.22. The molecule has 2 aromatic rings. The summed E-state index contributed by atoms with van der Waals surface area (Å²) in [5, 5.41) is 0. The van der Waals surface area contributed by atoms with Gasteiger partial charge in [-0.15, -0.1) is 0 Å². The van der Waals surface area contributed by atoms with Crippen molar-refractivity contribution in [3.8, 4) is 0 Å². The number of nitrogens with zero attached hydrogens (tertiary/aromatic N) is 4. The number of aromatic nitrogens is 2. The maximum atomic E-state index is 6.23. The Kier molecular flexibility index (Phi) is 5.35. The molecule has 0 unspecified atom stereocenters. The van der Waals surface area contributed by atoms with Crippen LogP contribution in [0.4, 0.5) is 0 Å². The minimum atomic E-state index is 0.347. The molecule has 25 heavy (non-hydrogen) atoms. The van der Waals surface area contributed by atoms with Gasteiger partial charge in [0.2, 0.25) is 0 Å². The fourth-order valence-corrected chi connectivity index (χ4v) is 3.94. The Hall–Kier alpha value is -1.82. The van der Waals surface area contributed by atoms with Crippen molar-refractivity contribution < 1.29 is 4.74 Å². The summed E-state index contributed by atoms with van der Waals surface area (Å²) < 4.78 is 6.23. The fourth-order valence-electron chi connectivity index (χ4n) is 3.94. The molecule has 0 N–H and O–H groups in total. The second-order valence-electron chi connectivity index (χ2n) is 7.10. The zero-order valence-corrected chi connectivity index (χ0v) is 14.6. The van der Waals surface area contributed by atoms with Gasteiger partial charge < -0.3 is 4.74 Å². The molecule has 4 rings (SSSR count). The van der Waals surface area contributed by atoms with E-state index in [9.17, 15) is 0 Å². The summed E-state index contributed by atoms with van der Waals surface area (Å²) in [7, 11) is 0. The number of rotatable bonds is 4. The van der Waals surface area contributed by atoms with Gasteiger partial charge in [0.05, 0.1) is 18.4 Å². The smallest absolute Gasteiger partial charge is 0.0743 e. The van der Waals surface area contributed by atoms with Gasteiger partial charge >= 0.3 is 0 Å². The summed E-state index contributed by atoms with van der Waals surface area (Å²) >= 11 is 0. The molecule has 0 radical (unpaired) electrons. The predicted molar refractivity (Wildman–Crippen MR) is 96.9 cm³/mol. The number of ether oxygens (including phenoxy) is 1. The standard InChI is InChI=1S/C20H26N4O/c1-2-7-22-19(3-1)15-23-10-6-18-14-24(11-12-25-20(18)16-23)13-17-4-8-21-9-5-17/h1-5,7-9,18,20H,6,10-16H2/t18-,20-/m1/s1. The van der Waals surface area contributed by atoms with Crippen molar-refractivity contribution in [2.24, 2.45) is 5.92 Å². The molecule has 0 aliphatic carbocycles. The minimum Gasteiger partial charge on any atom is -0.375 e. The van der Waals surface area contributed by atoms with E-state index in [1.807, 2.05) is 24.7 Å². The van der Waals surface area contributed by atoms with Crippen LogP contribution in [0, 0.1) is 5.92 Å². The average molecular weight is 338 g/mol. The third-order valence-electron chi connectivity index (χ3n) is 5.28. The van der Waals surface area contributed by atoms with Gasteiger partial charge in [0.25, 0.3) is 0 Å². The maximum Gasteiger partial charge on any atom is 0.0743 e. The van der Waals surface area contributed by atoms with Crippen LogP contribution in [-0.2, 0) is 17.8 Å². The van der Waals surface area contributed by atoms with Gasteiger partial charge in [0.15, 0.2) is 0 Å². The lowest BCUT2D eigenvalue weighted by Crippen LogP contribution is -2.46. The van der Waals surface area contributed by atoms with Crippen LogP contribution in [0.5, 0.6) is 0 Å². The molecule has 2 saturated heterocycles. The predicted octanol–water partition coefficient (Wildman–Crippen LogP) is 2.20. The van der Waals surface area contributed by atoms with Gasteiger partial charge in [-0.25, -0.2) is 0 Å². The van der Waals surface area contributed by atoms with Crippen LogP contribution < -0.4 is 0 Å². The number of hydrogen-bond acceptors (Lipinski definition) is 5. The molecule has 0 saturated carbocycles. The topological polar surface area (TPSA) is 41.5 Å². The van der Waals surface area contributed by atoms with Gasteiger partial charge in [0, 0.05) is 57.2 Å². The Bertz CT molecular complexity index is 651. The normalized spacial score (nSPS) is 25.3. The van der Waals surface area contributed by atoms with E-state index in [1.54, 1.807) is 0 Å². The Morgan fingerprint density at radius 1 is 0.960 bits per heavy atom. The van der Waals surface area contributed by atoms with Gasteiger partial charge in [-0.3, -0.25) is 19.8 Å². The minimum absolute atomic E-state index is 0.347. The molecule has 5 nitrogen and oxygen atoms in total. The highest BCUT2D eigenvalue weighted by Crippen LogP contribution is 2.25. The molecule has 5 heteroatoms. The number of likely N-dealkylation sites (tertiary alicyclic amines) is 1. The summed E-state index contributed by atoms with van der Waals surface area (Å²) in [5.74, 6) is 0.629. The van der Waals surface area contributed by atoms with Crippen LogP contribution in [-0.4, -0.2) is 58.7 Å². The first-order chi connectivity index (χ1) is 12.4. The highest BCUT2D eigenvalue weighted by molar-refractivity contribution is 5.09. The molecule has 2 atom stereocenters. The van der Waals surface area contributed by atoms with Crippen LogP contribution >= 0.6 is 0 Å². The van der Waals surface area contributed by atoms with Crippen molar-refractivity contribution in [2.75, 3.05) is 32.8 Å². The molecule has 2 aliphatic rings. The van der Waals surface area contributed by atoms with Crippen molar-refractivity contribution >= 4 is 0 Å². The van der Waals surface area contributed by atoms with Crippen molar-refractivity contribution in [2.45, 2.75) is 25.6 Å². The molecule has 2 aromatic heterocycles. The van der Waals surface area contributed by atoms with E-state index in [-0.39, 0.29) is 0 Å². The van der Waals surface area contributed by atoms with Crippen LogP contribution in [0.25, 0.3) is 0 Å². The lowest BCUT2D eigenvalue weighted by Gasteiger charge is -2.37. The van der Waals surface area contributed by atoms with Gasteiger partial charge in [-0.2, -0.15) is 0 Å². The monoisotopic (exact) mass is 338 g/mol. The molecule has 0 amide bonds. The lowest BCUT2D eigenvalue weighted by molar-refractivity contribution is -0.0244. The van der Waals surface area contributed by atoms with E-state index in [4.69, 9.17) is 4.74 Å². The number of piperidine rings is 1. The van der Waals surface area contributed by atoms with Crippen LogP contribution in [0.15, 0.2) is 48.9 Å². The zero-order valence-electron chi connectivity index (χ0n) is 14.6. The SMILES string of the molecule is c1ccc(CN2CC[C@@H]3CN(Cc4ccncc4)CCO[C@@H]3C2)nc1. The molecular weight excluding hydrogens is 312 g/mol.